The van der Waals surface area contributed by atoms with E-state index >= 15 is 0 Å². The quantitative estimate of drug-likeness (QED) is 0.817. The molecule has 0 saturated heterocycles. The molecule has 124 valence electrons. The van der Waals surface area contributed by atoms with Crippen LogP contribution in [0.1, 0.15) is 53.2 Å². The van der Waals surface area contributed by atoms with Gasteiger partial charge in [0.05, 0.1) is 17.1 Å². The average molecular weight is 334 g/mol. The predicted molar refractivity (Wildman–Crippen MR) is 89.0 cm³/mol. The summed E-state index contributed by atoms with van der Waals surface area (Å²) in [5, 5.41) is 0. The van der Waals surface area contributed by atoms with Gasteiger partial charge in [-0.05, 0) is 56.6 Å². The number of rotatable bonds is 2. The van der Waals surface area contributed by atoms with Crippen molar-refractivity contribution in [1.82, 2.24) is 10.9 Å². The Balaban J connectivity index is 1.60. The summed E-state index contributed by atoms with van der Waals surface area (Å²) in [5.74, 6) is 0.781. The molecular formula is C17H22N2O3S. The number of aryl methyl sites for hydroxylation is 1. The molecule has 1 aromatic rings. The van der Waals surface area contributed by atoms with Gasteiger partial charge in [-0.1, -0.05) is 6.92 Å². The first kappa shape index (κ1) is 16.1. The van der Waals surface area contributed by atoms with Crippen molar-refractivity contribution < 1.29 is 14.3 Å². The molecule has 1 atom stereocenters. The maximum atomic E-state index is 12.3. The number of hydrogen-bond donors (Lipinski definition) is 2. The standard InChI is InChI=1S/C17H22N2O3S/c1-10-5-6-14-12(8-10)9-15(23-14)17(21)19-18-16(20)13-4-3-7-22-11(13)2/h9-10H,3-8H2,1-2H3,(H,18,20)(H,19,21)/t10-/m1/s1. The van der Waals surface area contributed by atoms with Crippen molar-refractivity contribution in [3.63, 3.8) is 0 Å². The molecule has 1 aliphatic heterocycles. The van der Waals surface area contributed by atoms with Crippen molar-refractivity contribution in [2.24, 2.45) is 5.92 Å². The SMILES string of the molecule is CC1=C(C(=O)NNC(=O)c2cc3c(s2)CC[C@@H](C)C3)CCCO1. The zero-order valence-corrected chi connectivity index (χ0v) is 14.3. The number of hydrazine groups is 1. The van der Waals surface area contributed by atoms with Gasteiger partial charge < -0.3 is 4.74 Å². The number of ether oxygens (including phenoxy) is 1. The number of nitrogens with one attached hydrogen (secondary N) is 2. The van der Waals surface area contributed by atoms with Gasteiger partial charge in [-0.3, -0.25) is 20.4 Å². The van der Waals surface area contributed by atoms with Gasteiger partial charge >= 0.3 is 0 Å². The highest BCUT2D eigenvalue weighted by molar-refractivity contribution is 7.14. The molecule has 6 heteroatoms. The summed E-state index contributed by atoms with van der Waals surface area (Å²) in [6.45, 7) is 4.67. The summed E-state index contributed by atoms with van der Waals surface area (Å²) < 4.78 is 5.38. The molecule has 2 amide bonds. The second-order valence-electron chi connectivity index (χ2n) is 6.30. The minimum atomic E-state index is -0.287. The van der Waals surface area contributed by atoms with Gasteiger partial charge in [0.15, 0.2) is 0 Å². The van der Waals surface area contributed by atoms with Crippen molar-refractivity contribution >= 4 is 23.2 Å². The van der Waals surface area contributed by atoms with Crippen LogP contribution in [0.2, 0.25) is 0 Å². The van der Waals surface area contributed by atoms with Crippen molar-refractivity contribution in [3.05, 3.63) is 32.7 Å². The molecular weight excluding hydrogens is 312 g/mol. The number of amides is 2. The third-order valence-corrected chi connectivity index (χ3v) is 5.67. The molecule has 2 aliphatic rings. The Kier molecular flexibility index (Phi) is 4.71. The van der Waals surface area contributed by atoms with E-state index in [4.69, 9.17) is 4.74 Å². The number of thiophene rings is 1. The van der Waals surface area contributed by atoms with Crippen molar-refractivity contribution in [3.8, 4) is 0 Å². The maximum absolute atomic E-state index is 12.3. The summed E-state index contributed by atoms with van der Waals surface area (Å²) in [6.07, 6.45) is 4.76. The predicted octanol–water partition coefficient (Wildman–Crippen LogP) is 2.72. The van der Waals surface area contributed by atoms with E-state index in [0.717, 1.165) is 19.3 Å². The van der Waals surface area contributed by atoms with E-state index in [2.05, 4.69) is 17.8 Å². The molecule has 1 aromatic heterocycles. The van der Waals surface area contributed by atoms with Gasteiger partial charge in [-0.2, -0.15) is 0 Å². The molecule has 1 aliphatic carbocycles. The molecule has 0 unspecified atom stereocenters. The lowest BCUT2D eigenvalue weighted by Crippen LogP contribution is -2.42. The number of carbonyl (C=O) groups excluding carboxylic acids is 2. The highest BCUT2D eigenvalue weighted by Gasteiger charge is 2.22. The second-order valence-corrected chi connectivity index (χ2v) is 7.44. The van der Waals surface area contributed by atoms with E-state index in [0.29, 0.717) is 35.2 Å². The third kappa shape index (κ3) is 3.58. The van der Waals surface area contributed by atoms with Crippen LogP contribution in [-0.2, 0) is 22.4 Å². The monoisotopic (exact) mass is 334 g/mol. The Hall–Kier alpha value is -1.82. The molecule has 23 heavy (non-hydrogen) atoms. The molecule has 2 heterocycles. The van der Waals surface area contributed by atoms with Crippen LogP contribution in [0.3, 0.4) is 0 Å². The molecule has 0 aromatic carbocycles. The van der Waals surface area contributed by atoms with Crippen LogP contribution in [0.5, 0.6) is 0 Å². The lowest BCUT2D eigenvalue weighted by Gasteiger charge is -2.18. The molecule has 0 radical (unpaired) electrons. The molecule has 0 fully saturated rings. The number of hydrogen-bond acceptors (Lipinski definition) is 4. The first-order valence-electron chi connectivity index (χ1n) is 8.09. The summed E-state index contributed by atoms with van der Waals surface area (Å²) >= 11 is 1.53. The van der Waals surface area contributed by atoms with Gasteiger partial charge in [0.1, 0.15) is 5.76 Å². The Bertz CT molecular complexity index is 663. The Morgan fingerprint density at radius 3 is 2.83 bits per heavy atom. The Labute approximate surface area is 140 Å². The zero-order chi connectivity index (χ0) is 16.4. The van der Waals surface area contributed by atoms with Gasteiger partial charge in [0.25, 0.3) is 11.8 Å². The molecule has 3 rings (SSSR count). The fourth-order valence-corrected chi connectivity index (χ4v) is 4.18. The van der Waals surface area contributed by atoms with Crippen LogP contribution < -0.4 is 10.9 Å². The molecule has 0 bridgehead atoms. The minimum Gasteiger partial charge on any atom is -0.498 e. The van der Waals surface area contributed by atoms with E-state index in [9.17, 15) is 9.59 Å². The number of fused-ring (bicyclic) bond motifs is 1. The average Bonchev–Trinajstić information content (AvgIpc) is 2.95. The van der Waals surface area contributed by atoms with Gasteiger partial charge in [-0.25, -0.2) is 0 Å². The highest BCUT2D eigenvalue weighted by atomic mass is 32.1. The molecule has 0 saturated carbocycles. The number of allylic oxidation sites excluding steroid dienone is 1. The van der Waals surface area contributed by atoms with Crippen LogP contribution in [0, 0.1) is 5.92 Å². The fraction of sp³-hybridized carbons (Fsp3) is 0.529. The van der Waals surface area contributed by atoms with Crippen LogP contribution in [-0.4, -0.2) is 18.4 Å². The largest absolute Gasteiger partial charge is 0.498 e. The number of carbonyl (C=O) groups is 2. The van der Waals surface area contributed by atoms with Crippen LogP contribution >= 0.6 is 11.3 Å². The van der Waals surface area contributed by atoms with Crippen LogP contribution in [0.15, 0.2) is 17.4 Å². The summed E-state index contributed by atoms with van der Waals surface area (Å²) in [7, 11) is 0. The minimum absolute atomic E-state index is 0.250. The van der Waals surface area contributed by atoms with Crippen LogP contribution in [0.25, 0.3) is 0 Å². The van der Waals surface area contributed by atoms with E-state index in [-0.39, 0.29) is 11.8 Å². The molecule has 0 spiro atoms. The summed E-state index contributed by atoms with van der Waals surface area (Å²) in [5.41, 5.74) is 6.91. The van der Waals surface area contributed by atoms with E-state index in [1.807, 2.05) is 6.07 Å². The van der Waals surface area contributed by atoms with Crippen LogP contribution in [0.4, 0.5) is 0 Å². The lowest BCUT2D eigenvalue weighted by molar-refractivity contribution is -0.118. The van der Waals surface area contributed by atoms with E-state index < -0.39 is 0 Å². The van der Waals surface area contributed by atoms with E-state index in [1.54, 1.807) is 6.92 Å². The smallest absolute Gasteiger partial charge is 0.279 e. The second kappa shape index (κ2) is 6.74. The van der Waals surface area contributed by atoms with Gasteiger partial charge in [0.2, 0.25) is 0 Å². The van der Waals surface area contributed by atoms with Crippen molar-refractivity contribution in [2.45, 2.75) is 46.0 Å². The summed E-state index contributed by atoms with van der Waals surface area (Å²) in [4.78, 5) is 26.3. The zero-order valence-electron chi connectivity index (χ0n) is 13.5. The van der Waals surface area contributed by atoms with E-state index in [1.165, 1.54) is 28.2 Å². The Morgan fingerprint density at radius 2 is 2.04 bits per heavy atom. The Morgan fingerprint density at radius 1 is 1.26 bits per heavy atom. The first-order valence-corrected chi connectivity index (χ1v) is 8.91. The maximum Gasteiger partial charge on any atom is 0.279 e. The van der Waals surface area contributed by atoms with Gasteiger partial charge in [-0.15, -0.1) is 11.3 Å². The fourth-order valence-electron chi connectivity index (χ4n) is 3.08. The van der Waals surface area contributed by atoms with Crippen molar-refractivity contribution in [2.75, 3.05) is 6.61 Å². The first-order chi connectivity index (χ1) is 11.0. The summed E-state index contributed by atoms with van der Waals surface area (Å²) in [6, 6.07) is 1.96. The highest BCUT2D eigenvalue weighted by Crippen LogP contribution is 2.32. The topological polar surface area (TPSA) is 67.4 Å². The lowest BCUT2D eigenvalue weighted by atomic mass is 9.90. The third-order valence-electron chi connectivity index (χ3n) is 4.43. The molecule has 2 N–H and O–H groups in total. The molecule has 5 nitrogen and oxygen atoms in total. The normalized spacial score (nSPS) is 20.5. The van der Waals surface area contributed by atoms with Crippen molar-refractivity contribution in [1.29, 1.82) is 0 Å². The van der Waals surface area contributed by atoms with Gasteiger partial charge in [0, 0.05) is 4.88 Å².